The Labute approximate surface area is 77.7 Å². The zero-order chi connectivity index (χ0) is 9.14. The van der Waals surface area contributed by atoms with Gasteiger partial charge in [0.1, 0.15) is 17.4 Å². The first kappa shape index (κ1) is 9.01. The van der Waals surface area contributed by atoms with Gasteiger partial charge in [-0.15, -0.1) is 0 Å². The number of halogens is 2. The highest BCUT2D eigenvalue weighted by molar-refractivity contribution is 9.10. The second kappa shape index (κ2) is 3.55. The summed E-state index contributed by atoms with van der Waals surface area (Å²) in [6.07, 6.45) is 0. The van der Waals surface area contributed by atoms with Crippen LogP contribution in [0.2, 0.25) is 0 Å². The van der Waals surface area contributed by atoms with Gasteiger partial charge >= 0.3 is 0 Å². The maximum absolute atomic E-state index is 13.1. The van der Waals surface area contributed by atoms with Gasteiger partial charge in [-0.25, -0.2) is 4.39 Å². The lowest BCUT2D eigenvalue weighted by atomic mass is 10.2. The average molecular weight is 230 g/mol. The van der Waals surface area contributed by atoms with Gasteiger partial charge in [0.15, 0.2) is 5.82 Å². The van der Waals surface area contributed by atoms with Crippen LogP contribution in [0.25, 0.3) is 0 Å². The number of nitriles is 1. The molecule has 0 aliphatic rings. The van der Waals surface area contributed by atoms with E-state index in [1.54, 1.807) is 6.07 Å². The molecule has 0 bridgehead atoms. The molecular formula is C8H5BrFNO. The van der Waals surface area contributed by atoms with Crippen molar-refractivity contribution in [2.24, 2.45) is 0 Å². The lowest BCUT2D eigenvalue weighted by Crippen LogP contribution is -1.92. The van der Waals surface area contributed by atoms with Crippen LogP contribution in [0.1, 0.15) is 5.56 Å². The van der Waals surface area contributed by atoms with E-state index < -0.39 is 5.82 Å². The Morgan fingerprint density at radius 2 is 2.25 bits per heavy atom. The average Bonchev–Trinajstić information content (AvgIpc) is 2.09. The number of hydrogen-bond acceptors (Lipinski definition) is 2. The van der Waals surface area contributed by atoms with Gasteiger partial charge in [0.2, 0.25) is 0 Å². The highest BCUT2D eigenvalue weighted by Crippen LogP contribution is 2.26. The molecule has 0 radical (unpaired) electrons. The Morgan fingerprint density at radius 3 is 2.75 bits per heavy atom. The van der Waals surface area contributed by atoms with Crippen molar-refractivity contribution in [3.8, 4) is 11.8 Å². The third-order valence-corrected chi connectivity index (χ3v) is 2.00. The highest BCUT2D eigenvalue weighted by Gasteiger charge is 2.11. The van der Waals surface area contributed by atoms with Gasteiger partial charge in [0, 0.05) is 0 Å². The molecule has 1 aromatic carbocycles. The van der Waals surface area contributed by atoms with Gasteiger partial charge in [-0.2, -0.15) is 5.26 Å². The molecule has 2 nitrogen and oxygen atoms in total. The Hall–Kier alpha value is -1.08. The topological polar surface area (TPSA) is 33.0 Å². The lowest BCUT2D eigenvalue weighted by Gasteiger charge is -2.03. The molecule has 0 amide bonds. The van der Waals surface area contributed by atoms with E-state index in [1.807, 2.05) is 0 Å². The van der Waals surface area contributed by atoms with Crippen LogP contribution in [0.3, 0.4) is 0 Å². The predicted molar refractivity (Wildman–Crippen MR) is 45.4 cm³/mol. The van der Waals surface area contributed by atoms with E-state index in [1.165, 1.54) is 19.2 Å². The second-order valence-electron chi connectivity index (χ2n) is 2.05. The second-order valence-corrected chi connectivity index (χ2v) is 2.90. The summed E-state index contributed by atoms with van der Waals surface area (Å²) in [6, 6.07) is 4.75. The highest BCUT2D eigenvalue weighted by atomic mass is 79.9. The number of rotatable bonds is 1. The van der Waals surface area contributed by atoms with Crippen LogP contribution < -0.4 is 4.74 Å². The quantitative estimate of drug-likeness (QED) is 0.742. The Bertz CT molecular complexity index is 346. The molecule has 0 heterocycles. The molecule has 0 atom stereocenters. The third-order valence-electron chi connectivity index (χ3n) is 1.39. The van der Waals surface area contributed by atoms with Crippen LogP contribution in [-0.4, -0.2) is 7.11 Å². The third kappa shape index (κ3) is 1.41. The summed E-state index contributed by atoms with van der Waals surface area (Å²) in [5.74, 6) is -0.338. The minimum absolute atomic E-state index is 0.0770. The SMILES string of the molecule is COc1ccc(Br)c(F)c1C#N. The number of hydrogen-bond donors (Lipinski definition) is 0. The molecule has 0 aliphatic heterocycles. The first-order valence-electron chi connectivity index (χ1n) is 3.12. The number of benzene rings is 1. The monoisotopic (exact) mass is 229 g/mol. The fraction of sp³-hybridized carbons (Fsp3) is 0.125. The van der Waals surface area contributed by atoms with Gasteiger partial charge in [0.25, 0.3) is 0 Å². The fourth-order valence-corrected chi connectivity index (χ4v) is 1.14. The number of methoxy groups -OCH3 is 1. The smallest absolute Gasteiger partial charge is 0.158 e. The van der Waals surface area contributed by atoms with E-state index in [4.69, 9.17) is 10.00 Å². The summed E-state index contributed by atoms with van der Waals surface area (Å²) in [6.45, 7) is 0. The predicted octanol–water partition coefficient (Wildman–Crippen LogP) is 2.47. The normalized spacial score (nSPS) is 9.17. The summed E-state index contributed by atoms with van der Waals surface area (Å²) in [5.41, 5.74) is -0.0770. The van der Waals surface area contributed by atoms with Gasteiger partial charge < -0.3 is 4.74 Å². The minimum atomic E-state index is -0.586. The summed E-state index contributed by atoms with van der Waals surface area (Å²) in [5, 5.41) is 8.56. The van der Waals surface area contributed by atoms with Crippen LogP contribution in [0.4, 0.5) is 4.39 Å². The van der Waals surface area contributed by atoms with Crippen molar-refractivity contribution in [1.82, 2.24) is 0 Å². The van der Waals surface area contributed by atoms with Gasteiger partial charge in [0.05, 0.1) is 11.6 Å². The van der Waals surface area contributed by atoms with E-state index in [0.717, 1.165) is 0 Å². The first-order valence-corrected chi connectivity index (χ1v) is 3.92. The van der Waals surface area contributed by atoms with E-state index in [-0.39, 0.29) is 15.8 Å². The Balaban J connectivity index is 3.38. The number of nitrogens with zero attached hydrogens (tertiary/aromatic N) is 1. The molecule has 0 saturated carbocycles. The van der Waals surface area contributed by atoms with Crippen LogP contribution in [0.5, 0.6) is 5.75 Å². The van der Waals surface area contributed by atoms with Crippen molar-refractivity contribution >= 4 is 15.9 Å². The van der Waals surface area contributed by atoms with Gasteiger partial charge in [-0.05, 0) is 28.1 Å². The van der Waals surface area contributed by atoms with E-state index >= 15 is 0 Å². The maximum Gasteiger partial charge on any atom is 0.158 e. The minimum Gasteiger partial charge on any atom is -0.495 e. The molecule has 62 valence electrons. The van der Waals surface area contributed by atoms with Crippen molar-refractivity contribution in [1.29, 1.82) is 5.26 Å². The van der Waals surface area contributed by atoms with Crippen molar-refractivity contribution in [3.05, 3.63) is 28.0 Å². The zero-order valence-electron chi connectivity index (χ0n) is 6.27. The number of ether oxygens (including phenoxy) is 1. The Morgan fingerprint density at radius 1 is 1.58 bits per heavy atom. The zero-order valence-corrected chi connectivity index (χ0v) is 7.85. The molecule has 12 heavy (non-hydrogen) atoms. The standard InChI is InChI=1S/C8H5BrFNO/c1-12-7-3-2-6(9)8(10)5(7)4-11/h2-3H,1H3. The molecular weight excluding hydrogens is 225 g/mol. The van der Waals surface area contributed by atoms with Gasteiger partial charge in [-0.3, -0.25) is 0 Å². The molecule has 4 heteroatoms. The largest absolute Gasteiger partial charge is 0.495 e. The van der Waals surface area contributed by atoms with E-state index in [9.17, 15) is 4.39 Å². The summed E-state index contributed by atoms with van der Waals surface area (Å²) < 4.78 is 18.2. The maximum atomic E-state index is 13.1. The molecule has 1 aromatic rings. The van der Waals surface area contributed by atoms with Crippen LogP contribution in [0.15, 0.2) is 16.6 Å². The fourth-order valence-electron chi connectivity index (χ4n) is 0.807. The van der Waals surface area contributed by atoms with Gasteiger partial charge in [-0.1, -0.05) is 0 Å². The summed E-state index contributed by atoms with van der Waals surface area (Å²) >= 11 is 2.97. The van der Waals surface area contributed by atoms with Crippen molar-refractivity contribution in [2.75, 3.05) is 7.11 Å². The summed E-state index contributed by atoms with van der Waals surface area (Å²) in [4.78, 5) is 0. The molecule has 0 spiro atoms. The van der Waals surface area contributed by atoms with Crippen LogP contribution in [-0.2, 0) is 0 Å². The molecule has 0 unspecified atom stereocenters. The molecule has 1 rings (SSSR count). The summed E-state index contributed by atoms with van der Waals surface area (Å²) in [7, 11) is 1.39. The van der Waals surface area contributed by atoms with E-state index in [0.29, 0.717) is 0 Å². The molecule has 0 fully saturated rings. The van der Waals surface area contributed by atoms with Crippen LogP contribution in [0, 0.1) is 17.1 Å². The lowest BCUT2D eigenvalue weighted by molar-refractivity contribution is 0.409. The first-order chi connectivity index (χ1) is 5.70. The molecule has 0 N–H and O–H groups in total. The molecule has 0 saturated heterocycles. The molecule has 0 aromatic heterocycles. The van der Waals surface area contributed by atoms with E-state index in [2.05, 4.69) is 15.9 Å². The van der Waals surface area contributed by atoms with Crippen molar-refractivity contribution < 1.29 is 9.13 Å². The van der Waals surface area contributed by atoms with Crippen molar-refractivity contribution in [3.63, 3.8) is 0 Å². The van der Waals surface area contributed by atoms with Crippen LogP contribution >= 0.6 is 15.9 Å². The Kier molecular flexibility index (Phi) is 2.66. The van der Waals surface area contributed by atoms with Crippen molar-refractivity contribution in [2.45, 2.75) is 0 Å². The molecule has 0 aliphatic carbocycles.